The molecule has 1 aliphatic heterocycles. The third kappa shape index (κ3) is 3.14. The van der Waals surface area contributed by atoms with Gasteiger partial charge in [0.15, 0.2) is 0 Å². The van der Waals surface area contributed by atoms with E-state index in [1.807, 2.05) is 0 Å². The number of hydrogen-bond acceptors (Lipinski definition) is 2. The maximum atomic E-state index is 6.04. The molecule has 1 fully saturated rings. The number of nitrogens with zero attached hydrogens (tertiary/aromatic N) is 1. The third-order valence-electron chi connectivity index (χ3n) is 4.22. The number of fused-ring (bicyclic) bond motifs is 1. The van der Waals surface area contributed by atoms with E-state index in [1.54, 1.807) is 0 Å². The molecule has 0 saturated heterocycles. The lowest BCUT2D eigenvalue weighted by atomic mass is 9.85. The molecule has 0 spiro atoms. The van der Waals surface area contributed by atoms with Gasteiger partial charge in [0.25, 0.3) is 0 Å². The van der Waals surface area contributed by atoms with E-state index in [0.29, 0.717) is 6.10 Å². The molecule has 0 radical (unpaired) electrons. The van der Waals surface area contributed by atoms with Crippen LogP contribution in [-0.4, -0.2) is 36.0 Å². The molecule has 1 aliphatic carbocycles. The number of alkyl halides is 1. The van der Waals surface area contributed by atoms with Crippen molar-refractivity contribution in [3.63, 3.8) is 0 Å². The van der Waals surface area contributed by atoms with Crippen molar-refractivity contribution in [1.29, 1.82) is 0 Å². The van der Waals surface area contributed by atoms with Crippen LogP contribution in [0.25, 0.3) is 0 Å². The van der Waals surface area contributed by atoms with E-state index in [2.05, 4.69) is 53.0 Å². The highest BCUT2D eigenvalue weighted by Crippen LogP contribution is 2.34. The Morgan fingerprint density at radius 2 is 2.11 bits per heavy atom. The third-order valence-corrected chi connectivity index (χ3v) is 4.97. The molecule has 1 atom stereocenters. The summed E-state index contributed by atoms with van der Waals surface area (Å²) in [5, 5.41) is 0. The Morgan fingerprint density at radius 1 is 1.32 bits per heavy atom. The van der Waals surface area contributed by atoms with E-state index in [1.165, 1.54) is 30.5 Å². The maximum absolute atomic E-state index is 6.04. The zero-order valence-electron chi connectivity index (χ0n) is 11.7. The SMILES string of the molecule is Cc1ccc2c(c1)CC(CN(C)CC1CC(Br)C1)O2. The van der Waals surface area contributed by atoms with Crippen LogP contribution in [0, 0.1) is 12.8 Å². The largest absolute Gasteiger partial charge is 0.488 e. The molecule has 1 unspecified atom stereocenters. The lowest BCUT2D eigenvalue weighted by molar-refractivity contribution is 0.140. The molecule has 3 rings (SSSR count). The smallest absolute Gasteiger partial charge is 0.123 e. The summed E-state index contributed by atoms with van der Waals surface area (Å²) >= 11 is 3.66. The number of ether oxygens (including phenoxy) is 1. The highest BCUT2D eigenvalue weighted by atomic mass is 79.9. The summed E-state index contributed by atoms with van der Waals surface area (Å²) in [5.41, 5.74) is 2.71. The van der Waals surface area contributed by atoms with Crippen LogP contribution in [0.2, 0.25) is 0 Å². The van der Waals surface area contributed by atoms with Gasteiger partial charge in [0.1, 0.15) is 11.9 Å². The van der Waals surface area contributed by atoms with Gasteiger partial charge < -0.3 is 9.64 Å². The molecule has 0 aromatic heterocycles. The van der Waals surface area contributed by atoms with Crippen molar-refractivity contribution in [2.75, 3.05) is 20.1 Å². The molecule has 1 saturated carbocycles. The van der Waals surface area contributed by atoms with E-state index < -0.39 is 0 Å². The van der Waals surface area contributed by atoms with Gasteiger partial charge in [0.2, 0.25) is 0 Å². The van der Waals surface area contributed by atoms with Crippen LogP contribution in [0.1, 0.15) is 24.0 Å². The van der Waals surface area contributed by atoms with Crippen LogP contribution in [0.3, 0.4) is 0 Å². The summed E-state index contributed by atoms with van der Waals surface area (Å²) in [4.78, 5) is 3.20. The van der Waals surface area contributed by atoms with E-state index >= 15 is 0 Å². The van der Waals surface area contributed by atoms with Gasteiger partial charge in [-0.15, -0.1) is 0 Å². The lowest BCUT2D eigenvalue weighted by Gasteiger charge is -2.35. The molecule has 2 nitrogen and oxygen atoms in total. The van der Waals surface area contributed by atoms with Gasteiger partial charge in [-0.2, -0.15) is 0 Å². The average molecular weight is 324 g/mol. The van der Waals surface area contributed by atoms with Crippen molar-refractivity contribution in [1.82, 2.24) is 4.90 Å². The first-order valence-electron chi connectivity index (χ1n) is 7.19. The fourth-order valence-corrected chi connectivity index (χ4v) is 4.27. The minimum atomic E-state index is 0.335. The molecule has 0 amide bonds. The van der Waals surface area contributed by atoms with E-state index in [9.17, 15) is 0 Å². The number of benzene rings is 1. The summed E-state index contributed by atoms with van der Waals surface area (Å²) in [6, 6.07) is 6.51. The Labute approximate surface area is 124 Å². The van der Waals surface area contributed by atoms with Crippen LogP contribution in [0.5, 0.6) is 5.75 Å². The first kappa shape index (κ1) is 13.4. The number of likely N-dealkylation sites (N-methyl/N-ethyl adjacent to an activating group) is 1. The van der Waals surface area contributed by atoms with Crippen molar-refractivity contribution in [3.05, 3.63) is 29.3 Å². The standard InChI is InChI=1S/C16H22BrNO/c1-11-3-4-16-13(5-11)8-15(19-16)10-18(2)9-12-6-14(17)7-12/h3-5,12,14-15H,6-10H2,1-2H3. The first-order chi connectivity index (χ1) is 9.10. The highest BCUT2D eigenvalue weighted by molar-refractivity contribution is 9.09. The Bertz CT molecular complexity index is 456. The maximum Gasteiger partial charge on any atom is 0.123 e. The Morgan fingerprint density at radius 3 is 2.84 bits per heavy atom. The van der Waals surface area contributed by atoms with Crippen molar-refractivity contribution in [2.45, 2.75) is 37.1 Å². The topological polar surface area (TPSA) is 12.5 Å². The molecule has 1 heterocycles. The van der Waals surface area contributed by atoms with E-state index in [0.717, 1.165) is 29.5 Å². The van der Waals surface area contributed by atoms with Gasteiger partial charge in [-0.1, -0.05) is 33.6 Å². The van der Waals surface area contributed by atoms with Crippen LogP contribution >= 0.6 is 15.9 Å². The van der Waals surface area contributed by atoms with Crippen LogP contribution in [0.15, 0.2) is 18.2 Å². The van der Waals surface area contributed by atoms with Gasteiger partial charge in [0.05, 0.1) is 0 Å². The average Bonchev–Trinajstić information content (AvgIpc) is 2.68. The highest BCUT2D eigenvalue weighted by Gasteiger charge is 2.29. The number of aryl methyl sites for hydroxylation is 1. The number of hydrogen-bond donors (Lipinski definition) is 0. The second-order valence-corrected chi connectivity index (χ2v) is 7.51. The molecule has 19 heavy (non-hydrogen) atoms. The zero-order valence-corrected chi connectivity index (χ0v) is 13.3. The summed E-state index contributed by atoms with van der Waals surface area (Å²) in [6.07, 6.45) is 4.05. The molecule has 2 aliphatic rings. The van der Waals surface area contributed by atoms with Gasteiger partial charge in [-0.05, 0) is 44.4 Å². The van der Waals surface area contributed by atoms with Crippen molar-refractivity contribution in [2.24, 2.45) is 5.92 Å². The van der Waals surface area contributed by atoms with Gasteiger partial charge >= 0.3 is 0 Å². The van der Waals surface area contributed by atoms with E-state index in [4.69, 9.17) is 4.74 Å². The number of halogens is 1. The summed E-state index contributed by atoms with van der Waals surface area (Å²) < 4.78 is 6.04. The molecular weight excluding hydrogens is 302 g/mol. The normalized spacial score (nSPS) is 28.9. The van der Waals surface area contributed by atoms with Crippen molar-refractivity contribution < 1.29 is 4.74 Å². The van der Waals surface area contributed by atoms with Crippen LogP contribution in [-0.2, 0) is 6.42 Å². The van der Waals surface area contributed by atoms with Crippen LogP contribution < -0.4 is 4.74 Å². The minimum Gasteiger partial charge on any atom is -0.488 e. The molecule has 104 valence electrons. The number of rotatable bonds is 4. The minimum absolute atomic E-state index is 0.335. The van der Waals surface area contributed by atoms with E-state index in [-0.39, 0.29) is 0 Å². The fourth-order valence-electron chi connectivity index (χ4n) is 3.22. The molecule has 1 aromatic carbocycles. The van der Waals surface area contributed by atoms with Gasteiger partial charge in [0, 0.05) is 24.3 Å². The first-order valence-corrected chi connectivity index (χ1v) is 8.10. The second-order valence-electron chi connectivity index (χ2n) is 6.21. The zero-order chi connectivity index (χ0) is 13.4. The van der Waals surface area contributed by atoms with Gasteiger partial charge in [-0.3, -0.25) is 0 Å². The quantitative estimate of drug-likeness (QED) is 0.787. The second kappa shape index (κ2) is 5.45. The molecule has 1 aromatic rings. The van der Waals surface area contributed by atoms with Crippen LogP contribution in [0.4, 0.5) is 0 Å². The van der Waals surface area contributed by atoms with Crippen molar-refractivity contribution >= 4 is 15.9 Å². The van der Waals surface area contributed by atoms with Crippen molar-refractivity contribution in [3.8, 4) is 5.75 Å². The molecule has 0 N–H and O–H groups in total. The Hall–Kier alpha value is -0.540. The van der Waals surface area contributed by atoms with Gasteiger partial charge in [-0.25, -0.2) is 0 Å². The lowest BCUT2D eigenvalue weighted by Crippen LogP contribution is -2.39. The molecule has 0 bridgehead atoms. The predicted octanol–water partition coefficient (Wildman–Crippen LogP) is 3.40. The Balaban J connectivity index is 1.50. The Kier molecular flexibility index (Phi) is 3.86. The molecular formula is C16H22BrNO. The molecule has 3 heteroatoms. The predicted molar refractivity (Wildman–Crippen MR) is 82.2 cm³/mol. The summed E-state index contributed by atoms with van der Waals surface area (Å²) in [7, 11) is 2.22. The fraction of sp³-hybridized carbons (Fsp3) is 0.625. The summed E-state index contributed by atoms with van der Waals surface area (Å²) in [5.74, 6) is 1.97. The monoisotopic (exact) mass is 323 g/mol. The summed E-state index contributed by atoms with van der Waals surface area (Å²) in [6.45, 7) is 4.39.